The third-order valence-electron chi connectivity index (χ3n) is 4.16. The molecule has 0 saturated carbocycles. The molecule has 1 amide bonds. The van der Waals surface area contributed by atoms with Gasteiger partial charge < -0.3 is 4.90 Å². The first kappa shape index (κ1) is 15.9. The van der Waals surface area contributed by atoms with Crippen LogP contribution in [0.5, 0.6) is 0 Å². The zero-order chi connectivity index (χ0) is 16.4. The maximum Gasteiger partial charge on any atom is 0.222 e. The van der Waals surface area contributed by atoms with Gasteiger partial charge in [-0.25, -0.2) is 13.6 Å². The Morgan fingerprint density at radius 1 is 1.26 bits per heavy atom. The minimum atomic E-state index is -3.54. The molecule has 3 rings (SSSR count). The number of carbonyl (C=O) groups is 1. The normalized spacial score (nSPS) is 18.7. The highest BCUT2D eigenvalue weighted by Crippen LogP contribution is 2.21. The minimum Gasteiger partial charge on any atom is -0.342 e. The number of amides is 1. The summed E-state index contributed by atoms with van der Waals surface area (Å²) in [5.41, 5.74) is 1.09. The minimum absolute atomic E-state index is 0.00755. The van der Waals surface area contributed by atoms with Crippen molar-refractivity contribution in [3.63, 3.8) is 0 Å². The molecule has 2 heterocycles. The highest BCUT2D eigenvalue weighted by atomic mass is 32.2. The molecule has 0 radical (unpaired) electrons. The first-order valence-electron chi connectivity index (χ1n) is 7.52. The molecule has 2 aromatic rings. The maximum atomic E-state index is 12.0. The van der Waals surface area contributed by atoms with Crippen LogP contribution in [0.1, 0.15) is 12.0 Å². The molecule has 1 atom stereocenters. The Morgan fingerprint density at radius 3 is 2.83 bits per heavy atom. The van der Waals surface area contributed by atoms with E-state index in [0.717, 1.165) is 16.3 Å². The van der Waals surface area contributed by atoms with Gasteiger partial charge in [-0.1, -0.05) is 24.3 Å². The molecule has 0 aliphatic carbocycles. The van der Waals surface area contributed by atoms with Gasteiger partial charge in [0.2, 0.25) is 15.9 Å². The second kappa shape index (κ2) is 6.25. The van der Waals surface area contributed by atoms with E-state index in [1.54, 1.807) is 4.90 Å². The van der Waals surface area contributed by atoms with Crippen molar-refractivity contribution in [2.24, 2.45) is 11.1 Å². The molecule has 122 valence electrons. The Hall–Kier alpha value is -1.99. The molecule has 0 spiro atoms. The van der Waals surface area contributed by atoms with E-state index in [-0.39, 0.29) is 24.0 Å². The van der Waals surface area contributed by atoms with Crippen LogP contribution in [0.2, 0.25) is 0 Å². The van der Waals surface area contributed by atoms with Crippen LogP contribution in [0, 0.1) is 5.92 Å². The molecule has 2 N–H and O–H groups in total. The monoisotopic (exact) mass is 333 g/mol. The van der Waals surface area contributed by atoms with E-state index in [4.69, 9.17) is 5.14 Å². The van der Waals surface area contributed by atoms with E-state index in [1.165, 1.54) is 0 Å². The number of rotatable bonds is 5. The van der Waals surface area contributed by atoms with Crippen molar-refractivity contribution < 1.29 is 13.2 Å². The summed E-state index contributed by atoms with van der Waals surface area (Å²) < 4.78 is 22.3. The first-order chi connectivity index (χ1) is 10.9. The molecule has 23 heavy (non-hydrogen) atoms. The Balaban J connectivity index is 1.67. The molecule has 6 nitrogen and oxygen atoms in total. The van der Waals surface area contributed by atoms with E-state index in [1.807, 2.05) is 36.7 Å². The van der Waals surface area contributed by atoms with Gasteiger partial charge in [-0.3, -0.25) is 9.78 Å². The van der Waals surface area contributed by atoms with Crippen LogP contribution in [0.4, 0.5) is 0 Å². The van der Waals surface area contributed by atoms with Gasteiger partial charge in [0.1, 0.15) is 0 Å². The van der Waals surface area contributed by atoms with Gasteiger partial charge in [0.05, 0.1) is 5.75 Å². The maximum absolute atomic E-state index is 12.0. The topological polar surface area (TPSA) is 93.4 Å². The molecule has 1 fully saturated rings. The third kappa shape index (κ3) is 3.86. The highest BCUT2D eigenvalue weighted by Gasteiger charge is 2.31. The van der Waals surface area contributed by atoms with Gasteiger partial charge >= 0.3 is 0 Å². The number of carbonyl (C=O) groups excluding carboxylic acids is 1. The highest BCUT2D eigenvalue weighted by molar-refractivity contribution is 7.89. The smallest absolute Gasteiger partial charge is 0.222 e. The summed E-state index contributed by atoms with van der Waals surface area (Å²) in [6.07, 6.45) is 4.60. The molecule has 7 heteroatoms. The number of sulfonamides is 1. The quantitative estimate of drug-likeness (QED) is 0.880. The lowest BCUT2D eigenvalue weighted by atomic mass is 10.1. The summed E-state index contributed by atoms with van der Waals surface area (Å²) in [6, 6.07) is 8.00. The van der Waals surface area contributed by atoms with Crippen molar-refractivity contribution in [3.8, 4) is 0 Å². The number of benzene rings is 1. The van der Waals surface area contributed by atoms with Crippen molar-refractivity contribution in [1.82, 2.24) is 9.88 Å². The number of pyridine rings is 1. The van der Waals surface area contributed by atoms with Crippen molar-refractivity contribution in [2.45, 2.75) is 12.8 Å². The van der Waals surface area contributed by atoms with Crippen LogP contribution < -0.4 is 5.14 Å². The second-order valence-corrected chi connectivity index (χ2v) is 7.67. The van der Waals surface area contributed by atoms with Crippen molar-refractivity contribution in [1.29, 1.82) is 0 Å². The van der Waals surface area contributed by atoms with Crippen LogP contribution in [-0.2, 0) is 21.2 Å². The Morgan fingerprint density at radius 2 is 2.04 bits per heavy atom. The summed E-state index contributed by atoms with van der Waals surface area (Å²) in [6.45, 7) is 1.02. The fourth-order valence-electron chi connectivity index (χ4n) is 3.14. The number of primary sulfonamides is 1. The Bertz CT molecular complexity index is 830. The van der Waals surface area contributed by atoms with E-state index >= 15 is 0 Å². The molecule has 0 bridgehead atoms. The molecular formula is C16H19N3O3S. The number of aromatic nitrogens is 1. The number of likely N-dealkylation sites (tertiary alicyclic amines) is 1. The van der Waals surface area contributed by atoms with Gasteiger partial charge in [-0.15, -0.1) is 0 Å². The third-order valence-corrected chi connectivity index (χ3v) is 5.10. The van der Waals surface area contributed by atoms with Crippen LogP contribution >= 0.6 is 0 Å². The van der Waals surface area contributed by atoms with Crippen molar-refractivity contribution in [3.05, 3.63) is 42.2 Å². The number of fused-ring (bicyclic) bond motifs is 1. The molecule has 1 unspecified atom stereocenters. The number of hydrogen-bond donors (Lipinski definition) is 1. The SMILES string of the molecule is NS(=O)(=O)CC1CC(=O)N(CCc2cncc3ccccc23)C1. The van der Waals surface area contributed by atoms with Crippen molar-refractivity contribution >= 4 is 26.7 Å². The molecule has 1 aliphatic heterocycles. The lowest BCUT2D eigenvalue weighted by Crippen LogP contribution is -2.29. The summed E-state index contributed by atoms with van der Waals surface area (Å²) in [4.78, 5) is 18.0. The predicted molar refractivity (Wildman–Crippen MR) is 88.1 cm³/mol. The second-order valence-electron chi connectivity index (χ2n) is 6.01. The standard InChI is InChI=1S/C16H19N3O3S/c17-23(21,22)11-12-7-16(20)19(10-12)6-5-14-9-18-8-13-3-1-2-4-15(13)14/h1-4,8-9,12H,5-7,10-11H2,(H2,17,21,22). The molecule has 1 aromatic carbocycles. The van der Waals surface area contributed by atoms with Crippen molar-refractivity contribution in [2.75, 3.05) is 18.8 Å². The number of nitrogens with two attached hydrogens (primary N) is 1. The van der Waals surface area contributed by atoms with Crippen LogP contribution in [0.3, 0.4) is 0 Å². The zero-order valence-corrected chi connectivity index (χ0v) is 13.5. The van der Waals surface area contributed by atoms with E-state index in [9.17, 15) is 13.2 Å². The Kier molecular flexibility index (Phi) is 4.32. The lowest BCUT2D eigenvalue weighted by molar-refractivity contribution is -0.127. The summed E-state index contributed by atoms with van der Waals surface area (Å²) >= 11 is 0. The van der Waals surface area contributed by atoms with E-state index in [2.05, 4.69) is 4.98 Å². The molecular weight excluding hydrogens is 314 g/mol. The average molecular weight is 333 g/mol. The fourth-order valence-corrected chi connectivity index (χ4v) is 4.02. The number of hydrogen-bond acceptors (Lipinski definition) is 4. The molecule has 1 aliphatic rings. The van der Waals surface area contributed by atoms with Crippen LogP contribution in [0.15, 0.2) is 36.7 Å². The van der Waals surface area contributed by atoms with E-state index < -0.39 is 10.0 Å². The van der Waals surface area contributed by atoms with Crippen LogP contribution in [-0.4, -0.2) is 43.1 Å². The molecule has 1 saturated heterocycles. The van der Waals surface area contributed by atoms with Crippen LogP contribution in [0.25, 0.3) is 10.8 Å². The summed E-state index contributed by atoms with van der Waals surface area (Å²) in [7, 11) is -3.54. The summed E-state index contributed by atoms with van der Waals surface area (Å²) in [5, 5.41) is 7.28. The first-order valence-corrected chi connectivity index (χ1v) is 9.24. The predicted octanol–water partition coefficient (Wildman–Crippen LogP) is 0.914. The lowest BCUT2D eigenvalue weighted by Gasteiger charge is -2.17. The molecule has 1 aromatic heterocycles. The van der Waals surface area contributed by atoms with Gasteiger partial charge in [0.25, 0.3) is 0 Å². The van der Waals surface area contributed by atoms with Gasteiger partial charge in [0.15, 0.2) is 0 Å². The van der Waals surface area contributed by atoms with Gasteiger partial charge in [-0.2, -0.15) is 0 Å². The van der Waals surface area contributed by atoms with Gasteiger partial charge in [0, 0.05) is 43.2 Å². The number of nitrogens with zero attached hydrogens (tertiary/aromatic N) is 2. The Labute approximate surface area is 135 Å². The zero-order valence-electron chi connectivity index (χ0n) is 12.7. The largest absolute Gasteiger partial charge is 0.342 e. The average Bonchev–Trinajstić information content (AvgIpc) is 2.82. The van der Waals surface area contributed by atoms with Gasteiger partial charge in [-0.05, 0) is 17.4 Å². The fraction of sp³-hybridized carbons (Fsp3) is 0.375. The van der Waals surface area contributed by atoms with E-state index in [0.29, 0.717) is 19.5 Å². The summed E-state index contributed by atoms with van der Waals surface area (Å²) in [5.74, 6) is -0.347.